The molecule has 1 aliphatic rings. The molecule has 5 nitrogen and oxygen atoms in total. The average Bonchev–Trinajstić information content (AvgIpc) is 3.00. The van der Waals surface area contributed by atoms with Gasteiger partial charge in [0.1, 0.15) is 23.1 Å². The van der Waals surface area contributed by atoms with E-state index in [1.54, 1.807) is 10.6 Å². The number of benzene rings is 2. The minimum atomic E-state index is -0.680. The topological polar surface area (TPSA) is 46.5 Å². The van der Waals surface area contributed by atoms with Crippen LogP contribution in [0, 0.1) is 31.3 Å². The van der Waals surface area contributed by atoms with Crippen molar-refractivity contribution >= 4 is 17.3 Å². The fraction of sp³-hybridized carbons (Fsp3) is 0.292. The van der Waals surface area contributed by atoms with Crippen LogP contribution in [0.2, 0.25) is 0 Å². The lowest BCUT2D eigenvalue weighted by Crippen LogP contribution is -2.36. The Morgan fingerprint density at radius 2 is 1.75 bits per heavy atom. The van der Waals surface area contributed by atoms with E-state index in [-0.39, 0.29) is 12.1 Å². The minimum absolute atomic E-state index is 0.0506. The van der Waals surface area contributed by atoms with Gasteiger partial charge >= 0.3 is 0 Å². The van der Waals surface area contributed by atoms with E-state index in [0.717, 1.165) is 23.0 Å². The Balaban J connectivity index is 1.77. The molecule has 0 radical (unpaired) electrons. The first-order valence-electron chi connectivity index (χ1n) is 10.4. The van der Waals surface area contributed by atoms with Crippen molar-refractivity contribution in [1.82, 2.24) is 4.57 Å². The highest BCUT2D eigenvalue weighted by molar-refractivity contribution is 6.05. The smallest absolute Gasteiger partial charge is 0.272 e. The van der Waals surface area contributed by atoms with E-state index in [4.69, 9.17) is 4.74 Å². The number of ether oxygens (including phenoxy) is 1. The van der Waals surface area contributed by atoms with Gasteiger partial charge in [-0.1, -0.05) is 12.1 Å². The van der Waals surface area contributed by atoms with Gasteiger partial charge in [0.05, 0.1) is 25.4 Å². The average molecular weight is 443 g/mol. The van der Waals surface area contributed by atoms with Crippen LogP contribution >= 0.6 is 0 Å². The standard InChI is InChI=1S/C24H24F3N3O2/c1-15-22(29-8-10-32-11-9-29)16(2)30(14-17-6-7-19(26)13-21(17)27)23(15)24(31)28-20-5-3-4-18(25)12-20/h3-7,12-13H,8-11,14H2,1-2H3,(H,28,31). The van der Waals surface area contributed by atoms with Crippen molar-refractivity contribution in [2.24, 2.45) is 0 Å². The predicted octanol–water partition coefficient (Wildman–Crippen LogP) is 4.66. The highest BCUT2D eigenvalue weighted by Gasteiger charge is 2.27. The number of hydrogen-bond donors (Lipinski definition) is 1. The molecule has 1 aromatic heterocycles. The van der Waals surface area contributed by atoms with Gasteiger partial charge in [-0.2, -0.15) is 0 Å². The maximum absolute atomic E-state index is 14.4. The number of nitrogens with one attached hydrogen (secondary N) is 1. The molecule has 8 heteroatoms. The van der Waals surface area contributed by atoms with Crippen molar-refractivity contribution in [2.45, 2.75) is 20.4 Å². The first kappa shape index (κ1) is 22.0. The molecule has 1 saturated heterocycles. The molecular formula is C24H24F3N3O2. The van der Waals surface area contributed by atoms with Gasteiger partial charge in [0.15, 0.2) is 0 Å². The summed E-state index contributed by atoms with van der Waals surface area (Å²) < 4.78 is 48.6. The number of morpholine rings is 1. The van der Waals surface area contributed by atoms with Crippen molar-refractivity contribution < 1.29 is 22.7 Å². The molecule has 168 valence electrons. The summed E-state index contributed by atoms with van der Waals surface area (Å²) in [5, 5.41) is 2.74. The van der Waals surface area contributed by atoms with Gasteiger partial charge in [-0.25, -0.2) is 13.2 Å². The highest BCUT2D eigenvalue weighted by atomic mass is 19.1. The molecule has 0 bridgehead atoms. The fourth-order valence-electron chi connectivity index (χ4n) is 4.20. The number of hydrogen-bond acceptors (Lipinski definition) is 3. The van der Waals surface area contributed by atoms with Crippen LogP contribution in [0.1, 0.15) is 27.3 Å². The zero-order chi connectivity index (χ0) is 22.8. The van der Waals surface area contributed by atoms with Crippen LogP contribution < -0.4 is 10.2 Å². The molecule has 1 N–H and O–H groups in total. The monoisotopic (exact) mass is 443 g/mol. The molecule has 0 unspecified atom stereocenters. The first-order chi connectivity index (χ1) is 15.3. The maximum Gasteiger partial charge on any atom is 0.272 e. The summed E-state index contributed by atoms with van der Waals surface area (Å²) in [5.74, 6) is -2.24. The number of carbonyl (C=O) groups is 1. The second-order valence-electron chi connectivity index (χ2n) is 7.79. The normalized spacial score (nSPS) is 14.0. The Hall–Kier alpha value is -3.26. The Kier molecular flexibility index (Phi) is 6.23. The van der Waals surface area contributed by atoms with Crippen molar-refractivity contribution in [2.75, 3.05) is 36.5 Å². The van der Waals surface area contributed by atoms with Gasteiger partial charge in [-0.3, -0.25) is 4.79 Å². The number of amides is 1. The quantitative estimate of drug-likeness (QED) is 0.624. The van der Waals surface area contributed by atoms with Gasteiger partial charge in [0.2, 0.25) is 0 Å². The first-order valence-corrected chi connectivity index (χ1v) is 10.4. The molecule has 2 aromatic carbocycles. The summed E-state index contributed by atoms with van der Waals surface area (Å²) in [7, 11) is 0. The van der Waals surface area contributed by atoms with Crippen molar-refractivity contribution in [3.05, 3.63) is 82.4 Å². The van der Waals surface area contributed by atoms with Crippen LogP contribution in [-0.4, -0.2) is 36.8 Å². The lowest BCUT2D eigenvalue weighted by atomic mass is 10.1. The molecular weight excluding hydrogens is 419 g/mol. The third-order valence-electron chi connectivity index (χ3n) is 5.70. The van der Waals surface area contributed by atoms with E-state index in [1.165, 1.54) is 30.3 Å². The molecule has 3 aromatic rings. The summed E-state index contributed by atoms with van der Waals surface area (Å²) in [5.41, 5.74) is 3.34. The van der Waals surface area contributed by atoms with Crippen molar-refractivity contribution in [3.63, 3.8) is 0 Å². The van der Waals surface area contributed by atoms with Gasteiger partial charge in [0, 0.05) is 41.7 Å². The molecule has 4 rings (SSSR count). The second kappa shape index (κ2) is 9.08. The SMILES string of the molecule is Cc1c(N2CCOCC2)c(C)n(Cc2ccc(F)cc2F)c1C(=O)Nc1cccc(F)c1. The molecule has 2 heterocycles. The van der Waals surface area contributed by atoms with Crippen molar-refractivity contribution in [1.29, 1.82) is 0 Å². The Labute approximate surface area is 184 Å². The molecule has 1 amide bonds. The lowest BCUT2D eigenvalue weighted by Gasteiger charge is -2.29. The number of nitrogens with zero attached hydrogens (tertiary/aromatic N) is 2. The lowest BCUT2D eigenvalue weighted by molar-refractivity contribution is 0.101. The molecule has 0 spiro atoms. The van der Waals surface area contributed by atoms with E-state index >= 15 is 0 Å². The predicted molar refractivity (Wildman–Crippen MR) is 117 cm³/mol. The third kappa shape index (κ3) is 4.36. The van der Waals surface area contributed by atoms with E-state index in [2.05, 4.69) is 10.2 Å². The zero-order valence-electron chi connectivity index (χ0n) is 17.9. The van der Waals surface area contributed by atoms with E-state index in [1.807, 2.05) is 13.8 Å². The number of anilines is 2. The third-order valence-corrected chi connectivity index (χ3v) is 5.70. The van der Waals surface area contributed by atoms with Gasteiger partial charge < -0.3 is 19.5 Å². The summed E-state index contributed by atoms with van der Waals surface area (Å²) in [6.45, 7) is 6.25. The molecule has 0 saturated carbocycles. The van der Waals surface area contributed by atoms with E-state index in [9.17, 15) is 18.0 Å². The van der Waals surface area contributed by atoms with Crippen LogP contribution in [0.4, 0.5) is 24.5 Å². The maximum atomic E-state index is 14.4. The van der Waals surface area contributed by atoms with Crippen LogP contribution in [0.15, 0.2) is 42.5 Å². The van der Waals surface area contributed by atoms with Gasteiger partial charge in [-0.05, 0) is 38.1 Å². The molecule has 0 atom stereocenters. The Morgan fingerprint density at radius 3 is 2.44 bits per heavy atom. The van der Waals surface area contributed by atoms with Gasteiger partial charge in [0.25, 0.3) is 5.91 Å². The molecule has 0 aliphatic carbocycles. The van der Waals surface area contributed by atoms with Gasteiger partial charge in [-0.15, -0.1) is 0 Å². The summed E-state index contributed by atoms with van der Waals surface area (Å²) >= 11 is 0. The summed E-state index contributed by atoms with van der Waals surface area (Å²) in [6.07, 6.45) is 0. The second-order valence-corrected chi connectivity index (χ2v) is 7.79. The number of carbonyl (C=O) groups excluding carboxylic acids is 1. The Morgan fingerprint density at radius 1 is 1.03 bits per heavy atom. The Bertz CT molecular complexity index is 1150. The van der Waals surface area contributed by atoms with Crippen molar-refractivity contribution in [3.8, 4) is 0 Å². The highest BCUT2D eigenvalue weighted by Crippen LogP contribution is 2.33. The van der Waals surface area contributed by atoms with Crippen LogP contribution in [-0.2, 0) is 11.3 Å². The molecule has 32 heavy (non-hydrogen) atoms. The van der Waals surface area contributed by atoms with Crippen LogP contribution in [0.5, 0.6) is 0 Å². The van der Waals surface area contributed by atoms with E-state index < -0.39 is 23.4 Å². The molecule has 1 fully saturated rings. The summed E-state index contributed by atoms with van der Waals surface area (Å²) in [6, 6.07) is 9.03. The summed E-state index contributed by atoms with van der Waals surface area (Å²) in [4.78, 5) is 15.4. The zero-order valence-corrected chi connectivity index (χ0v) is 17.9. The minimum Gasteiger partial charge on any atom is -0.378 e. The number of aromatic nitrogens is 1. The number of halogens is 3. The number of rotatable bonds is 5. The fourth-order valence-corrected chi connectivity index (χ4v) is 4.20. The van der Waals surface area contributed by atoms with Crippen LogP contribution in [0.3, 0.4) is 0 Å². The van der Waals surface area contributed by atoms with E-state index in [0.29, 0.717) is 37.7 Å². The largest absolute Gasteiger partial charge is 0.378 e. The van der Waals surface area contributed by atoms with Crippen LogP contribution in [0.25, 0.3) is 0 Å². The molecule has 1 aliphatic heterocycles.